The minimum Gasteiger partial charge on any atom is -0.394 e. The summed E-state index contributed by atoms with van der Waals surface area (Å²) in [5, 5.41) is 45.0. The predicted octanol–water partition coefficient (Wildman–Crippen LogP) is 12.1. The lowest BCUT2D eigenvalue weighted by Crippen LogP contribution is -2.61. The first kappa shape index (κ1) is 62.1. The number of carbonyl (C=O) groups excluding carboxylic acids is 1. The molecular weight excluding hydrogens is 847 g/mol. The first-order valence-corrected chi connectivity index (χ1v) is 28.8. The van der Waals surface area contributed by atoms with Crippen molar-refractivity contribution in [1.29, 1.82) is 0 Å². The topological polar surface area (TPSA) is 192 Å². The highest BCUT2D eigenvalue weighted by Crippen LogP contribution is 2.26. The molecule has 6 N–H and O–H groups in total. The largest absolute Gasteiger partial charge is 0.397 e. The van der Waals surface area contributed by atoms with Crippen LogP contribution in [0.1, 0.15) is 271 Å². The van der Waals surface area contributed by atoms with Gasteiger partial charge in [0.05, 0.1) is 25.4 Å². The van der Waals surface area contributed by atoms with Crippen molar-refractivity contribution in [2.24, 2.45) is 0 Å². The molecule has 1 aliphatic rings. The second kappa shape index (κ2) is 43.1. The first-order valence-electron chi connectivity index (χ1n) is 27.4. The van der Waals surface area contributed by atoms with Crippen molar-refractivity contribution in [2.75, 3.05) is 13.2 Å². The van der Waals surface area contributed by atoms with E-state index in [-0.39, 0.29) is 12.5 Å². The summed E-state index contributed by atoms with van der Waals surface area (Å²) in [6.07, 6.45) is 39.6. The average molecular weight is 950 g/mol. The lowest BCUT2D eigenvalue weighted by molar-refractivity contribution is -0.298. The Morgan fingerprint density at radius 1 is 0.554 bits per heavy atom. The Morgan fingerprint density at radius 2 is 0.892 bits per heavy atom. The van der Waals surface area contributed by atoms with E-state index in [1.54, 1.807) is 0 Å². The highest BCUT2D eigenvalue weighted by Gasteiger charge is 2.48. The van der Waals surface area contributed by atoms with Gasteiger partial charge in [-0.25, -0.2) is 4.18 Å². The SMILES string of the molecule is CCCCCCCCCCCCCCCCCCCCCCCCCCC(O)C(COC1OC(CO)C(O)C(OS(=O)(=O)O)C1O)NC(=O)CCCCCCCCCCCCCCCC. The number of ether oxygens (including phenoxy) is 2. The molecule has 0 aromatic carbocycles. The fourth-order valence-corrected chi connectivity index (χ4v) is 9.68. The smallest absolute Gasteiger partial charge is 0.394 e. The van der Waals surface area contributed by atoms with Crippen LogP contribution in [-0.2, 0) is 28.9 Å². The van der Waals surface area contributed by atoms with Crippen LogP contribution in [0.2, 0.25) is 0 Å². The van der Waals surface area contributed by atoms with Gasteiger partial charge < -0.3 is 35.2 Å². The summed E-state index contributed by atoms with van der Waals surface area (Å²) >= 11 is 0. The van der Waals surface area contributed by atoms with Crippen LogP contribution in [0.3, 0.4) is 0 Å². The molecule has 1 amide bonds. The third kappa shape index (κ3) is 35.8. The van der Waals surface area contributed by atoms with Crippen LogP contribution in [0.15, 0.2) is 0 Å². The quantitative estimate of drug-likeness (QED) is 0.0251. The third-order valence-corrected chi connectivity index (χ3v) is 13.9. The van der Waals surface area contributed by atoms with Gasteiger partial charge in [-0.05, 0) is 12.8 Å². The van der Waals surface area contributed by atoms with Crippen molar-refractivity contribution in [2.45, 2.75) is 314 Å². The zero-order valence-electron chi connectivity index (χ0n) is 41.8. The lowest BCUT2D eigenvalue weighted by Gasteiger charge is -2.41. The van der Waals surface area contributed by atoms with Gasteiger partial charge in [0.25, 0.3) is 0 Å². The Hall–Kier alpha value is -0.900. The van der Waals surface area contributed by atoms with Crippen LogP contribution in [0, 0.1) is 0 Å². The third-order valence-electron chi connectivity index (χ3n) is 13.4. The molecule has 0 aromatic heterocycles. The van der Waals surface area contributed by atoms with Crippen molar-refractivity contribution < 1.29 is 51.8 Å². The molecule has 1 fully saturated rings. The fourth-order valence-electron chi connectivity index (χ4n) is 9.17. The van der Waals surface area contributed by atoms with E-state index >= 15 is 0 Å². The zero-order chi connectivity index (χ0) is 47.6. The monoisotopic (exact) mass is 950 g/mol. The van der Waals surface area contributed by atoms with Gasteiger partial charge in [-0.1, -0.05) is 251 Å². The molecule has 0 aliphatic carbocycles. The number of hydrogen-bond donors (Lipinski definition) is 6. The number of hydrogen-bond acceptors (Lipinski definition) is 10. The Bertz CT molecular complexity index is 1160. The summed E-state index contributed by atoms with van der Waals surface area (Å²) in [6, 6.07) is -0.852. The second-order valence-electron chi connectivity index (χ2n) is 19.5. The summed E-state index contributed by atoms with van der Waals surface area (Å²) in [4.78, 5) is 13.1. The molecule has 1 saturated heterocycles. The lowest BCUT2D eigenvalue weighted by atomic mass is 9.99. The minimum atomic E-state index is -5.07. The van der Waals surface area contributed by atoms with E-state index in [0.717, 1.165) is 51.4 Å². The molecule has 65 heavy (non-hydrogen) atoms. The van der Waals surface area contributed by atoms with Crippen LogP contribution in [0.25, 0.3) is 0 Å². The summed E-state index contributed by atoms with van der Waals surface area (Å²) in [5.74, 6) is -0.225. The molecule has 0 aromatic rings. The molecule has 12 nitrogen and oxygen atoms in total. The van der Waals surface area contributed by atoms with Crippen LogP contribution < -0.4 is 5.32 Å². The highest BCUT2D eigenvalue weighted by atomic mass is 32.3. The molecule has 13 heteroatoms. The van der Waals surface area contributed by atoms with Gasteiger partial charge in [0.1, 0.15) is 24.4 Å². The van der Waals surface area contributed by atoms with Gasteiger partial charge >= 0.3 is 10.4 Å². The highest BCUT2D eigenvalue weighted by molar-refractivity contribution is 7.80. The number of aliphatic hydroxyl groups is 4. The molecule has 0 saturated carbocycles. The summed E-state index contributed by atoms with van der Waals surface area (Å²) in [5.41, 5.74) is 0. The van der Waals surface area contributed by atoms with Gasteiger partial charge in [-0.2, -0.15) is 8.42 Å². The molecule has 1 aliphatic heterocycles. The molecule has 1 heterocycles. The number of aliphatic hydroxyl groups excluding tert-OH is 4. The zero-order valence-corrected chi connectivity index (χ0v) is 42.7. The molecule has 0 spiro atoms. The maximum absolute atomic E-state index is 13.1. The molecule has 1 rings (SSSR count). The van der Waals surface area contributed by atoms with Gasteiger partial charge in [-0.3, -0.25) is 9.35 Å². The fraction of sp³-hybridized carbons (Fsp3) is 0.981. The molecule has 388 valence electrons. The summed E-state index contributed by atoms with van der Waals surface area (Å²) in [7, 11) is -5.07. The van der Waals surface area contributed by atoms with Gasteiger partial charge in [-0.15, -0.1) is 0 Å². The maximum atomic E-state index is 13.1. The van der Waals surface area contributed by atoms with E-state index < -0.39 is 59.9 Å². The van der Waals surface area contributed by atoms with Crippen LogP contribution in [-0.4, -0.2) is 95.4 Å². The van der Waals surface area contributed by atoms with Crippen molar-refractivity contribution in [3.05, 3.63) is 0 Å². The molecule has 7 atom stereocenters. The van der Waals surface area contributed by atoms with Crippen molar-refractivity contribution in [3.8, 4) is 0 Å². The van der Waals surface area contributed by atoms with E-state index in [9.17, 15) is 38.2 Å². The van der Waals surface area contributed by atoms with E-state index in [1.807, 2.05) is 0 Å². The summed E-state index contributed by atoms with van der Waals surface area (Å²) in [6.45, 7) is 3.49. The standard InChI is InChI=1S/C52H103NO11S/c1-3-5-7-9-11-13-15-17-19-20-21-22-23-24-25-26-27-28-29-31-33-35-37-39-41-46(55)45(44-62-52-50(58)51(64-65(59,60)61)49(57)47(43-54)63-52)53-48(56)42-40-38-36-34-32-30-18-16-14-12-10-8-6-4-2/h45-47,49-52,54-55,57-58H,3-44H2,1-2H3,(H,53,56)(H,59,60,61). The van der Waals surface area contributed by atoms with Crippen molar-refractivity contribution in [1.82, 2.24) is 5.32 Å². The van der Waals surface area contributed by atoms with Gasteiger partial charge in [0, 0.05) is 6.42 Å². The average Bonchev–Trinajstić information content (AvgIpc) is 3.28. The van der Waals surface area contributed by atoms with Crippen LogP contribution in [0.5, 0.6) is 0 Å². The van der Waals surface area contributed by atoms with Crippen LogP contribution in [0.4, 0.5) is 0 Å². The molecular formula is C52H103NO11S. The van der Waals surface area contributed by atoms with E-state index in [1.165, 1.54) is 193 Å². The first-order chi connectivity index (χ1) is 31.5. The summed E-state index contributed by atoms with van der Waals surface area (Å²) < 4.78 is 47.8. The number of nitrogens with one attached hydrogen (secondary N) is 1. The van der Waals surface area contributed by atoms with E-state index in [0.29, 0.717) is 12.8 Å². The molecule has 7 unspecified atom stereocenters. The minimum absolute atomic E-state index is 0.225. The Labute approximate surface area is 398 Å². The number of rotatable bonds is 48. The van der Waals surface area contributed by atoms with E-state index in [2.05, 4.69) is 23.3 Å². The van der Waals surface area contributed by atoms with Crippen molar-refractivity contribution in [3.63, 3.8) is 0 Å². The van der Waals surface area contributed by atoms with Crippen molar-refractivity contribution >= 4 is 16.3 Å². The number of carbonyl (C=O) groups is 1. The number of unbranched alkanes of at least 4 members (excludes halogenated alkanes) is 36. The molecule has 0 bridgehead atoms. The second-order valence-corrected chi connectivity index (χ2v) is 20.6. The predicted molar refractivity (Wildman–Crippen MR) is 264 cm³/mol. The van der Waals surface area contributed by atoms with Crippen LogP contribution >= 0.6 is 0 Å². The maximum Gasteiger partial charge on any atom is 0.397 e. The number of amides is 1. The Kier molecular flexibility index (Phi) is 41.2. The Morgan fingerprint density at radius 3 is 1.23 bits per heavy atom. The van der Waals surface area contributed by atoms with Gasteiger partial charge in [0.2, 0.25) is 5.91 Å². The van der Waals surface area contributed by atoms with Gasteiger partial charge in [0.15, 0.2) is 6.29 Å². The normalized spacial score (nSPS) is 20.0. The Balaban J connectivity index is 2.35. The molecule has 0 radical (unpaired) electrons. The van der Waals surface area contributed by atoms with E-state index in [4.69, 9.17) is 9.47 Å².